The highest BCUT2D eigenvalue weighted by molar-refractivity contribution is 9.10. The molecule has 6 nitrogen and oxygen atoms in total. The number of nitrogens with zero attached hydrogens (tertiary/aromatic N) is 2. The molecule has 21 heavy (non-hydrogen) atoms. The van der Waals surface area contributed by atoms with Gasteiger partial charge in [0.1, 0.15) is 10.3 Å². The zero-order valence-corrected chi connectivity index (χ0v) is 13.2. The average Bonchev–Trinajstić information content (AvgIpc) is 2.39. The van der Waals surface area contributed by atoms with Crippen molar-refractivity contribution >= 4 is 56.4 Å². The molecule has 0 bridgehead atoms. The van der Waals surface area contributed by atoms with E-state index in [0.29, 0.717) is 10.2 Å². The van der Waals surface area contributed by atoms with Gasteiger partial charge in [0, 0.05) is 22.2 Å². The van der Waals surface area contributed by atoms with E-state index in [4.69, 9.17) is 23.2 Å². The second-order valence-corrected chi connectivity index (χ2v) is 5.51. The van der Waals surface area contributed by atoms with Crippen LogP contribution in [0.5, 0.6) is 0 Å². The number of aromatic nitrogens is 1. The number of hydrogen-bond acceptors (Lipinski definition) is 4. The van der Waals surface area contributed by atoms with Gasteiger partial charge < -0.3 is 5.32 Å². The minimum atomic E-state index is -0.529. The monoisotopic (exact) mass is 389 g/mol. The van der Waals surface area contributed by atoms with Gasteiger partial charge in [-0.2, -0.15) is 0 Å². The lowest BCUT2D eigenvalue weighted by Crippen LogP contribution is -2.12. The lowest BCUT2D eigenvalue weighted by atomic mass is 10.2. The van der Waals surface area contributed by atoms with Crippen molar-refractivity contribution in [2.24, 2.45) is 0 Å². The van der Waals surface area contributed by atoms with Crippen LogP contribution < -0.4 is 5.32 Å². The van der Waals surface area contributed by atoms with Gasteiger partial charge >= 0.3 is 0 Å². The second kappa shape index (κ2) is 6.38. The molecule has 1 N–H and O–H groups in total. The van der Waals surface area contributed by atoms with Gasteiger partial charge in [0.2, 0.25) is 0 Å². The zero-order valence-electron chi connectivity index (χ0n) is 10.1. The van der Waals surface area contributed by atoms with E-state index < -0.39 is 10.8 Å². The third-order valence-corrected chi connectivity index (χ3v) is 3.48. The number of nitro groups is 1. The van der Waals surface area contributed by atoms with E-state index in [1.165, 1.54) is 30.3 Å². The number of amides is 1. The van der Waals surface area contributed by atoms with E-state index >= 15 is 0 Å². The standard InChI is InChI=1S/C12H6BrCl2N3O3/c13-8-5-7(18(20)21)1-2-9(8)16-12(19)6-3-10(14)17-11(15)4-6/h1-5H,(H,16,19). The molecular formula is C12H6BrCl2N3O3. The summed E-state index contributed by atoms with van der Waals surface area (Å²) in [4.78, 5) is 25.9. The number of hydrogen-bond donors (Lipinski definition) is 1. The SMILES string of the molecule is O=C(Nc1ccc([N+](=O)[O-])cc1Br)c1cc(Cl)nc(Cl)c1. The molecule has 2 aromatic rings. The van der Waals surface area contributed by atoms with Crippen LogP contribution in [0.25, 0.3) is 0 Å². The molecule has 9 heteroatoms. The number of rotatable bonds is 3. The lowest BCUT2D eigenvalue weighted by molar-refractivity contribution is -0.384. The summed E-state index contributed by atoms with van der Waals surface area (Å²) in [6.07, 6.45) is 0. The predicted octanol–water partition coefficient (Wildman–Crippen LogP) is 4.31. The first-order valence-electron chi connectivity index (χ1n) is 5.45. The smallest absolute Gasteiger partial charge is 0.270 e. The number of anilines is 1. The number of nitro benzene ring substituents is 1. The first kappa shape index (κ1) is 15.7. The lowest BCUT2D eigenvalue weighted by Gasteiger charge is -2.07. The molecule has 1 amide bonds. The molecule has 1 aromatic carbocycles. The van der Waals surface area contributed by atoms with Crippen molar-refractivity contribution in [1.82, 2.24) is 4.98 Å². The van der Waals surface area contributed by atoms with E-state index in [1.807, 2.05) is 0 Å². The fraction of sp³-hybridized carbons (Fsp3) is 0. The van der Waals surface area contributed by atoms with Crippen LogP contribution in [0.3, 0.4) is 0 Å². The summed E-state index contributed by atoms with van der Waals surface area (Å²) in [5, 5.41) is 13.4. The Morgan fingerprint density at radius 2 is 1.86 bits per heavy atom. The van der Waals surface area contributed by atoms with Crippen LogP contribution in [-0.2, 0) is 0 Å². The van der Waals surface area contributed by atoms with Crippen LogP contribution in [0.1, 0.15) is 10.4 Å². The molecule has 0 spiro atoms. The third kappa shape index (κ3) is 3.90. The number of pyridine rings is 1. The van der Waals surface area contributed by atoms with Crippen LogP contribution in [0, 0.1) is 10.1 Å². The first-order valence-corrected chi connectivity index (χ1v) is 7.00. The molecule has 0 atom stereocenters. The average molecular weight is 391 g/mol. The Kier molecular flexibility index (Phi) is 4.76. The molecule has 0 fully saturated rings. The summed E-state index contributed by atoms with van der Waals surface area (Å²) in [6.45, 7) is 0. The molecule has 0 radical (unpaired) electrons. The van der Waals surface area contributed by atoms with Gasteiger partial charge in [-0.15, -0.1) is 0 Å². The van der Waals surface area contributed by atoms with Gasteiger partial charge in [-0.05, 0) is 34.1 Å². The van der Waals surface area contributed by atoms with E-state index in [2.05, 4.69) is 26.2 Å². The van der Waals surface area contributed by atoms with Crippen LogP contribution in [-0.4, -0.2) is 15.8 Å². The molecule has 108 valence electrons. The molecular weight excluding hydrogens is 385 g/mol. The molecule has 2 rings (SSSR count). The highest BCUT2D eigenvalue weighted by Gasteiger charge is 2.13. The highest BCUT2D eigenvalue weighted by Crippen LogP contribution is 2.27. The Balaban J connectivity index is 2.25. The predicted molar refractivity (Wildman–Crippen MR) is 83.0 cm³/mol. The second-order valence-electron chi connectivity index (χ2n) is 3.88. The number of carbonyl (C=O) groups excluding carboxylic acids is 1. The van der Waals surface area contributed by atoms with Crippen molar-refractivity contribution in [3.05, 3.63) is 60.8 Å². The van der Waals surface area contributed by atoms with E-state index in [9.17, 15) is 14.9 Å². The topological polar surface area (TPSA) is 85.1 Å². The van der Waals surface area contributed by atoms with Crippen LogP contribution in [0.15, 0.2) is 34.8 Å². The fourth-order valence-electron chi connectivity index (χ4n) is 1.51. The normalized spacial score (nSPS) is 10.2. The van der Waals surface area contributed by atoms with Crippen LogP contribution in [0.4, 0.5) is 11.4 Å². The van der Waals surface area contributed by atoms with Crippen molar-refractivity contribution in [1.29, 1.82) is 0 Å². The summed E-state index contributed by atoms with van der Waals surface area (Å²) in [5.74, 6) is -0.462. The summed E-state index contributed by atoms with van der Waals surface area (Å²) < 4.78 is 0.385. The van der Waals surface area contributed by atoms with E-state index in [-0.39, 0.29) is 21.6 Å². The Hall–Kier alpha value is -1.70. The van der Waals surface area contributed by atoms with Crippen molar-refractivity contribution in [2.45, 2.75) is 0 Å². The molecule has 0 aliphatic carbocycles. The van der Waals surface area contributed by atoms with Crippen molar-refractivity contribution in [3.8, 4) is 0 Å². The summed E-state index contributed by atoms with van der Waals surface area (Å²) in [7, 11) is 0. The molecule has 0 saturated heterocycles. The van der Waals surface area contributed by atoms with Crippen molar-refractivity contribution < 1.29 is 9.72 Å². The first-order chi connectivity index (χ1) is 9.86. The van der Waals surface area contributed by atoms with Gasteiger partial charge in [0.15, 0.2) is 0 Å². The number of carbonyl (C=O) groups is 1. The maximum atomic E-state index is 12.1. The summed E-state index contributed by atoms with van der Waals surface area (Å²) in [6, 6.07) is 6.73. The molecule has 0 aliphatic rings. The molecule has 0 unspecified atom stereocenters. The highest BCUT2D eigenvalue weighted by atomic mass is 79.9. The quantitative estimate of drug-likeness (QED) is 0.480. The summed E-state index contributed by atoms with van der Waals surface area (Å²) >= 11 is 14.6. The fourth-order valence-corrected chi connectivity index (χ4v) is 2.44. The number of benzene rings is 1. The Morgan fingerprint density at radius 3 is 2.38 bits per heavy atom. The maximum Gasteiger partial charge on any atom is 0.270 e. The molecule has 1 heterocycles. The minimum Gasteiger partial charge on any atom is -0.321 e. The molecule has 0 saturated carbocycles. The summed E-state index contributed by atoms with van der Waals surface area (Å²) in [5.41, 5.74) is 0.523. The zero-order chi connectivity index (χ0) is 15.6. The molecule has 0 aliphatic heterocycles. The third-order valence-electron chi connectivity index (χ3n) is 2.44. The Bertz CT molecular complexity index is 719. The van der Waals surface area contributed by atoms with Gasteiger partial charge in [-0.1, -0.05) is 23.2 Å². The van der Waals surface area contributed by atoms with E-state index in [0.717, 1.165) is 0 Å². The minimum absolute atomic E-state index is 0.0881. The number of halogens is 3. The largest absolute Gasteiger partial charge is 0.321 e. The van der Waals surface area contributed by atoms with Gasteiger partial charge in [0.05, 0.1) is 10.6 Å². The van der Waals surface area contributed by atoms with Gasteiger partial charge in [-0.3, -0.25) is 14.9 Å². The van der Waals surface area contributed by atoms with Crippen LogP contribution >= 0.6 is 39.1 Å². The molecule has 1 aromatic heterocycles. The number of non-ortho nitro benzene ring substituents is 1. The Labute approximate surface area is 137 Å². The van der Waals surface area contributed by atoms with Crippen molar-refractivity contribution in [2.75, 3.05) is 5.32 Å². The number of nitrogens with one attached hydrogen (secondary N) is 1. The van der Waals surface area contributed by atoms with Crippen LogP contribution in [0.2, 0.25) is 10.3 Å². The van der Waals surface area contributed by atoms with E-state index in [1.54, 1.807) is 0 Å². The van der Waals surface area contributed by atoms with Crippen molar-refractivity contribution in [3.63, 3.8) is 0 Å². The Morgan fingerprint density at radius 1 is 1.24 bits per heavy atom. The maximum absolute atomic E-state index is 12.1. The van der Waals surface area contributed by atoms with Gasteiger partial charge in [0.25, 0.3) is 11.6 Å². The van der Waals surface area contributed by atoms with Gasteiger partial charge in [-0.25, -0.2) is 4.98 Å².